The van der Waals surface area contributed by atoms with E-state index in [4.69, 9.17) is 4.74 Å². The minimum absolute atomic E-state index is 0.0290. The predicted molar refractivity (Wildman–Crippen MR) is 80.4 cm³/mol. The van der Waals surface area contributed by atoms with E-state index >= 15 is 0 Å². The zero-order valence-corrected chi connectivity index (χ0v) is 13.2. The van der Waals surface area contributed by atoms with Crippen LogP contribution in [0, 0.1) is 0 Å². The molecule has 1 atom stereocenters. The third-order valence-corrected chi connectivity index (χ3v) is 3.44. The van der Waals surface area contributed by atoms with Gasteiger partial charge in [-0.1, -0.05) is 13.0 Å². The third-order valence-electron chi connectivity index (χ3n) is 2.82. The molecule has 0 saturated heterocycles. The van der Waals surface area contributed by atoms with Crippen molar-refractivity contribution in [3.8, 4) is 5.75 Å². The van der Waals surface area contributed by atoms with Crippen LogP contribution in [0.2, 0.25) is 0 Å². The average Bonchev–Trinajstić information content (AvgIpc) is 2.42. The number of benzene rings is 1. The van der Waals surface area contributed by atoms with Crippen LogP contribution in [0.1, 0.15) is 31.9 Å². The van der Waals surface area contributed by atoms with E-state index in [1.807, 2.05) is 32.0 Å². The first kappa shape index (κ1) is 16.0. The van der Waals surface area contributed by atoms with E-state index in [-0.39, 0.29) is 11.9 Å². The van der Waals surface area contributed by atoms with Gasteiger partial charge in [0.25, 0.3) is 0 Å². The molecule has 19 heavy (non-hydrogen) atoms. The van der Waals surface area contributed by atoms with E-state index in [0.717, 1.165) is 28.8 Å². The van der Waals surface area contributed by atoms with Gasteiger partial charge in [0.05, 0.1) is 18.1 Å². The molecule has 1 aromatic carbocycles. The molecule has 0 saturated carbocycles. The maximum absolute atomic E-state index is 11.5. The van der Waals surface area contributed by atoms with Crippen LogP contribution in [0.25, 0.3) is 0 Å². The Kier molecular flexibility index (Phi) is 6.87. The van der Waals surface area contributed by atoms with Crippen LogP contribution in [0.5, 0.6) is 5.75 Å². The number of amides is 1. The summed E-state index contributed by atoms with van der Waals surface area (Å²) in [5.41, 5.74) is 1.11. The second-order valence-corrected chi connectivity index (χ2v) is 5.20. The topological polar surface area (TPSA) is 50.4 Å². The number of ether oxygens (including phenoxy) is 1. The number of carbonyl (C=O) groups is 1. The molecule has 2 N–H and O–H groups in total. The van der Waals surface area contributed by atoms with Crippen LogP contribution in [0.4, 0.5) is 0 Å². The van der Waals surface area contributed by atoms with Crippen LogP contribution in [-0.4, -0.2) is 26.1 Å². The van der Waals surface area contributed by atoms with Crippen LogP contribution in [-0.2, 0) is 4.79 Å². The molecule has 4 nitrogen and oxygen atoms in total. The van der Waals surface area contributed by atoms with Crippen molar-refractivity contribution in [1.29, 1.82) is 0 Å². The van der Waals surface area contributed by atoms with Crippen molar-refractivity contribution in [2.24, 2.45) is 0 Å². The van der Waals surface area contributed by atoms with Crippen molar-refractivity contribution in [2.45, 2.75) is 26.3 Å². The Labute approximate surface area is 123 Å². The van der Waals surface area contributed by atoms with Gasteiger partial charge in [-0.15, -0.1) is 0 Å². The smallest absolute Gasteiger partial charge is 0.233 e. The van der Waals surface area contributed by atoms with Crippen LogP contribution < -0.4 is 15.4 Å². The Morgan fingerprint density at radius 3 is 2.79 bits per heavy atom. The van der Waals surface area contributed by atoms with Gasteiger partial charge in [0.1, 0.15) is 5.75 Å². The Morgan fingerprint density at radius 2 is 2.21 bits per heavy atom. The Morgan fingerprint density at radius 1 is 1.47 bits per heavy atom. The summed E-state index contributed by atoms with van der Waals surface area (Å²) in [5, 5.41) is 6.04. The molecule has 1 aromatic rings. The van der Waals surface area contributed by atoms with Crippen molar-refractivity contribution in [1.82, 2.24) is 10.6 Å². The van der Waals surface area contributed by atoms with E-state index in [2.05, 4.69) is 26.6 Å². The molecule has 0 bridgehead atoms. The maximum atomic E-state index is 11.5. The standard InChI is InChI=1S/C14H21BrN2O2/c1-4-7-16-14(18)9-17-10(2)11-5-6-13(19-3)12(15)8-11/h5-6,8,10,17H,4,7,9H2,1-3H3,(H,16,18). The Hall–Kier alpha value is -1.07. The zero-order valence-electron chi connectivity index (χ0n) is 11.6. The molecule has 0 aliphatic rings. The SMILES string of the molecule is CCCNC(=O)CNC(C)c1ccc(OC)c(Br)c1. The zero-order chi connectivity index (χ0) is 14.3. The highest BCUT2D eigenvalue weighted by Gasteiger charge is 2.09. The lowest BCUT2D eigenvalue weighted by Gasteiger charge is -2.15. The van der Waals surface area contributed by atoms with Crippen molar-refractivity contribution < 1.29 is 9.53 Å². The molecule has 0 aliphatic heterocycles. The molecule has 0 spiro atoms. The van der Waals surface area contributed by atoms with Gasteiger partial charge in [0.15, 0.2) is 0 Å². The van der Waals surface area contributed by atoms with E-state index in [1.54, 1.807) is 7.11 Å². The molecule has 1 unspecified atom stereocenters. The highest BCUT2D eigenvalue weighted by molar-refractivity contribution is 9.10. The summed E-state index contributed by atoms with van der Waals surface area (Å²) in [6, 6.07) is 6.01. The monoisotopic (exact) mass is 328 g/mol. The van der Waals surface area contributed by atoms with E-state index in [0.29, 0.717) is 6.54 Å². The number of hydrogen-bond donors (Lipinski definition) is 2. The van der Waals surface area contributed by atoms with Gasteiger partial charge >= 0.3 is 0 Å². The summed E-state index contributed by atoms with van der Waals surface area (Å²) in [6.07, 6.45) is 0.951. The Bertz CT molecular complexity index is 424. The lowest BCUT2D eigenvalue weighted by atomic mass is 10.1. The van der Waals surface area contributed by atoms with E-state index in [9.17, 15) is 4.79 Å². The fraction of sp³-hybridized carbons (Fsp3) is 0.500. The first-order valence-electron chi connectivity index (χ1n) is 6.42. The minimum atomic E-state index is 0.0290. The molecule has 106 valence electrons. The van der Waals surface area contributed by atoms with Gasteiger partial charge in [-0.05, 0) is 47.0 Å². The van der Waals surface area contributed by atoms with Gasteiger partial charge in [-0.2, -0.15) is 0 Å². The molecule has 1 rings (SSSR count). The summed E-state index contributed by atoms with van der Waals surface area (Å²) in [7, 11) is 1.64. The van der Waals surface area contributed by atoms with Crippen molar-refractivity contribution in [3.05, 3.63) is 28.2 Å². The van der Waals surface area contributed by atoms with Gasteiger partial charge < -0.3 is 15.4 Å². The average molecular weight is 329 g/mol. The second kappa shape index (κ2) is 8.17. The van der Waals surface area contributed by atoms with E-state index in [1.165, 1.54) is 0 Å². The van der Waals surface area contributed by atoms with Crippen LogP contribution >= 0.6 is 15.9 Å². The van der Waals surface area contributed by atoms with Crippen molar-refractivity contribution >= 4 is 21.8 Å². The van der Waals surface area contributed by atoms with Crippen molar-refractivity contribution in [3.63, 3.8) is 0 Å². The summed E-state index contributed by atoms with van der Waals surface area (Å²) < 4.78 is 6.10. The van der Waals surface area contributed by atoms with Gasteiger partial charge in [-0.3, -0.25) is 4.79 Å². The highest BCUT2D eigenvalue weighted by atomic mass is 79.9. The predicted octanol–water partition coefficient (Wildman–Crippen LogP) is 2.63. The normalized spacial score (nSPS) is 12.0. The number of hydrogen-bond acceptors (Lipinski definition) is 3. The number of rotatable bonds is 7. The van der Waals surface area contributed by atoms with Gasteiger partial charge in [-0.25, -0.2) is 0 Å². The summed E-state index contributed by atoms with van der Waals surface area (Å²) in [5.74, 6) is 0.831. The maximum Gasteiger partial charge on any atom is 0.233 e. The molecule has 0 radical (unpaired) electrons. The minimum Gasteiger partial charge on any atom is -0.496 e. The summed E-state index contributed by atoms with van der Waals surface area (Å²) in [6.45, 7) is 5.11. The van der Waals surface area contributed by atoms with E-state index < -0.39 is 0 Å². The molecule has 0 fully saturated rings. The first-order valence-corrected chi connectivity index (χ1v) is 7.21. The summed E-state index contributed by atoms with van der Waals surface area (Å²) in [4.78, 5) is 11.5. The molecule has 0 heterocycles. The first-order chi connectivity index (χ1) is 9.08. The summed E-state index contributed by atoms with van der Waals surface area (Å²) >= 11 is 3.46. The number of nitrogens with one attached hydrogen (secondary N) is 2. The molecule has 5 heteroatoms. The molecule has 0 aliphatic carbocycles. The lowest BCUT2D eigenvalue weighted by molar-refractivity contribution is -0.120. The molecule has 0 aromatic heterocycles. The third kappa shape index (κ3) is 5.20. The molecular formula is C14H21BrN2O2. The highest BCUT2D eigenvalue weighted by Crippen LogP contribution is 2.27. The number of carbonyl (C=O) groups excluding carboxylic acids is 1. The Balaban J connectivity index is 2.51. The number of methoxy groups -OCH3 is 1. The fourth-order valence-corrected chi connectivity index (χ4v) is 2.20. The van der Waals surface area contributed by atoms with Gasteiger partial charge in [0.2, 0.25) is 5.91 Å². The molecular weight excluding hydrogens is 308 g/mol. The second-order valence-electron chi connectivity index (χ2n) is 4.35. The fourth-order valence-electron chi connectivity index (χ4n) is 1.64. The van der Waals surface area contributed by atoms with Crippen LogP contribution in [0.15, 0.2) is 22.7 Å². The quantitative estimate of drug-likeness (QED) is 0.809. The van der Waals surface area contributed by atoms with Crippen molar-refractivity contribution in [2.75, 3.05) is 20.2 Å². The van der Waals surface area contributed by atoms with Gasteiger partial charge in [0, 0.05) is 12.6 Å². The lowest BCUT2D eigenvalue weighted by Crippen LogP contribution is -2.35. The van der Waals surface area contributed by atoms with Crippen LogP contribution in [0.3, 0.4) is 0 Å². The number of halogens is 1. The largest absolute Gasteiger partial charge is 0.496 e. The molecule has 1 amide bonds.